The van der Waals surface area contributed by atoms with Gasteiger partial charge in [-0.2, -0.15) is 8.78 Å². The summed E-state index contributed by atoms with van der Waals surface area (Å²) in [5.41, 5.74) is 2.67. The van der Waals surface area contributed by atoms with Crippen molar-refractivity contribution < 1.29 is 27.8 Å². The van der Waals surface area contributed by atoms with Gasteiger partial charge in [0.15, 0.2) is 18.1 Å². The molecule has 0 saturated heterocycles. The number of halogens is 2. The van der Waals surface area contributed by atoms with Crippen molar-refractivity contribution in [1.29, 1.82) is 0 Å². The van der Waals surface area contributed by atoms with E-state index in [0.717, 1.165) is 16.7 Å². The van der Waals surface area contributed by atoms with Crippen molar-refractivity contribution in [3.05, 3.63) is 53.1 Å². The minimum atomic E-state index is -2.93. The van der Waals surface area contributed by atoms with Crippen molar-refractivity contribution in [2.45, 2.75) is 26.9 Å². The van der Waals surface area contributed by atoms with Crippen molar-refractivity contribution in [2.24, 2.45) is 0 Å². The molecule has 0 heterocycles. The van der Waals surface area contributed by atoms with Gasteiger partial charge in [0, 0.05) is 6.54 Å². The molecule has 1 amide bonds. The Kier molecular flexibility index (Phi) is 7.40. The lowest BCUT2D eigenvalue weighted by Gasteiger charge is -2.13. The normalized spacial score (nSPS) is 10.6. The Morgan fingerprint density at radius 3 is 2.44 bits per heavy atom. The van der Waals surface area contributed by atoms with Gasteiger partial charge >= 0.3 is 6.61 Å². The summed E-state index contributed by atoms with van der Waals surface area (Å²) in [4.78, 5) is 12.0. The first-order valence-electron chi connectivity index (χ1n) is 8.48. The number of nitrogens with one attached hydrogen (secondary N) is 1. The Balaban J connectivity index is 1.84. The maximum atomic E-state index is 12.5. The third kappa shape index (κ3) is 6.13. The van der Waals surface area contributed by atoms with Crippen LogP contribution in [0.5, 0.6) is 17.2 Å². The minimum absolute atomic E-state index is 0.0327. The van der Waals surface area contributed by atoms with Gasteiger partial charge in [0.1, 0.15) is 5.75 Å². The van der Waals surface area contributed by atoms with Gasteiger partial charge in [-0.1, -0.05) is 24.3 Å². The second-order valence-corrected chi connectivity index (χ2v) is 5.97. The summed E-state index contributed by atoms with van der Waals surface area (Å²) in [5.74, 6) is 0.645. The first-order valence-corrected chi connectivity index (χ1v) is 8.48. The molecule has 27 heavy (non-hydrogen) atoms. The number of rotatable bonds is 9. The second-order valence-electron chi connectivity index (χ2n) is 5.97. The van der Waals surface area contributed by atoms with E-state index in [4.69, 9.17) is 9.47 Å². The summed E-state index contributed by atoms with van der Waals surface area (Å²) >= 11 is 0. The van der Waals surface area contributed by atoms with E-state index < -0.39 is 6.61 Å². The number of methoxy groups -OCH3 is 1. The second kappa shape index (κ2) is 9.75. The molecule has 0 atom stereocenters. The van der Waals surface area contributed by atoms with Gasteiger partial charge in [-0.25, -0.2) is 0 Å². The van der Waals surface area contributed by atoms with Crippen LogP contribution >= 0.6 is 0 Å². The number of ether oxygens (including phenoxy) is 3. The quantitative estimate of drug-likeness (QED) is 0.723. The predicted molar refractivity (Wildman–Crippen MR) is 97.8 cm³/mol. The van der Waals surface area contributed by atoms with Crippen LogP contribution in [0.4, 0.5) is 8.78 Å². The smallest absolute Gasteiger partial charge is 0.387 e. The van der Waals surface area contributed by atoms with Crippen molar-refractivity contribution in [1.82, 2.24) is 5.32 Å². The molecule has 0 radical (unpaired) electrons. The number of alkyl halides is 2. The van der Waals surface area contributed by atoms with E-state index in [1.54, 1.807) is 12.1 Å². The maximum Gasteiger partial charge on any atom is 0.387 e. The highest BCUT2D eigenvalue weighted by Crippen LogP contribution is 2.29. The number of benzene rings is 2. The summed E-state index contributed by atoms with van der Waals surface area (Å²) in [6, 6.07) is 10.5. The zero-order valence-electron chi connectivity index (χ0n) is 15.6. The van der Waals surface area contributed by atoms with Crippen LogP contribution in [0.25, 0.3) is 0 Å². The molecule has 146 valence electrons. The molecule has 0 saturated carbocycles. The molecule has 0 unspecified atom stereocenters. The highest BCUT2D eigenvalue weighted by molar-refractivity contribution is 5.77. The Morgan fingerprint density at radius 1 is 1.11 bits per heavy atom. The maximum absolute atomic E-state index is 12.5. The Bertz CT molecular complexity index is 760. The number of para-hydroxylation sites is 1. The molecular formula is C20H23F2NO4. The van der Waals surface area contributed by atoms with Gasteiger partial charge in [0.2, 0.25) is 0 Å². The lowest BCUT2D eigenvalue weighted by Crippen LogP contribution is -2.30. The van der Waals surface area contributed by atoms with Crippen LogP contribution in [0.1, 0.15) is 16.7 Å². The first-order chi connectivity index (χ1) is 12.9. The van der Waals surface area contributed by atoms with Gasteiger partial charge < -0.3 is 19.5 Å². The fraction of sp³-hybridized carbons (Fsp3) is 0.350. The van der Waals surface area contributed by atoms with Crippen molar-refractivity contribution in [2.75, 3.05) is 20.3 Å². The van der Waals surface area contributed by atoms with Crippen molar-refractivity contribution in [3.8, 4) is 17.2 Å². The predicted octanol–water partition coefficient (Wildman–Crippen LogP) is 3.65. The third-order valence-electron chi connectivity index (χ3n) is 3.94. The molecular weight excluding hydrogens is 356 g/mol. The molecule has 0 bridgehead atoms. The molecule has 2 aromatic carbocycles. The Labute approximate surface area is 157 Å². The highest BCUT2D eigenvalue weighted by Gasteiger charge is 2.12. The van der Waals surface area contributed by atoms with Gasteiger partial charge in [0.05, 0.1) is 7.11 Å². The molecule has 2 aromatic rings. The van der Waals surface area contributed by atoms with E-state index in [-0.39, 0.29) is 24.0 Å². The molecule has 0 aliphatic rings. The summed E-state index contributed by atoms with van der Waals surface area (Å²) < 4.78 is 40.0. The molecule has 0 aliphatic carbocycles. The van der Waals surface area contributed by atoms with Crippen LogP contribution in [-0.2, 0) is 11.2 Å². The lowest BCUT2D eigenvalue weighted by molar-refractivity contribution is -0.123. The molecule has 0 spiro atoms. The average Bonchev–Trinajstić information content (AvgIpc) is 2.61. The molecule has 2 rings (SSSR count). The summed E-state index contributed by atoms with van der Waals surface area (Å²) in [7, 11) is 1.38. The zero-order valence-corrected chi connectivity index (χ0v) is 15.6. The van der Waals surface area contributed by atoms with Crippen LogP contribution in [0.3, 0.4) is 0 Å². The van der Waals surface area contributed by atoms with Crippen LogP contribution < -0.4 is 19.5 Å². The number of carbonyl (C=O) groups excluding carboxylic acids is 1. The first kappa shape index (κ1) is 20.5. The summed E-state index contributed by atoms with van der Waals surface area (Å²) in [6.45, 7) is 1.16. The van der Waals surface area contributed by atoms with Gasteiger partial charge in [0.25, 0.3) is 5.91 Å². The third-order valence-corrected chi connectivity index (χ3v) is 3.94. The van der Waals surface area contributed by atoms with Gasteiger partial charge in [-0.15, -0.1) is 0 Å². The van der Waals surface area contributed by atoms with Crippen LogP contribution in [0.15, 0.2) is 36.4 Å². The van der Waals surface area contributed by atoms with Crippen molar-refractivity contribution >= 4 is 5.91 Å². The molecule has 5 nitrogen and oxygen atoms in total. The van der Waals surface area contributed by atoms with E-state index in [9.17, 15) is 13.6 Å². The standard InChI is InChI=1S/C20H23F2NO4/c1-13-5-4-6-14(2)19(13)26-12-18(24)23-10-9-15-7-8-16(25-3)17(11-15)27-20(21)22/h4-8,11,20H,9-10,12H2,1-3H3,(H,23,24). The van der Waals surface area contributed by atoms with E-state index in [1.807, 2.05) is 32.0 Å². The van der Waals surface area contributed by atoms with E-state index in [1.165, 1.54) is 13.2 Å². The van der Waals surface area contributed by atoms with Crippen molar-refractivity contribution in [3.63, 3.8) is 0 Å². The number of hydrogen-bond donors (Lipinski definition) is 1. The van der Waals surface area contributed by atoms with Gasteiger partial charge in [-0.3, -0.25) is 4.79 Å². The molecule has 0 aromatic heterocycles. The van der Waals surface area contributed by atoms with Crippen LogP contribution in [0, 0.1) is 13.8 Å². The Morgan fingerprint density at radius 2 is 1.81 bits per heavy atom. The lowest BCUT2D eigenvalue weighted by atomic mass is 10.1. The molecule has 0 fully saturated rings. The molecule has 1 N–H and O–H groups in total. The summed E-state index contributed by atoms with van der Waals surface area (Å²) in [6.07, 6.45) is 0.457. The van der Waals surface area contributed by atoms with Crippen LogP contribution in [-0.4, -0.2) is 32.8 Å². The minimum Gasteiger partial charge on any atom is -0.493 e. The average molecular weight is 379 g/mol. The topological polar surface area (TPSA) is 56.8 Å². The summed E-state index contributed by atoms with van der Waals surface area (Å²) in [5, 5.41) is 2.75. The largest absolute Gasteiger partial charge is 0.493 e. The monoisotopic (exact) mass is 379 g/mol. The van der Waals surface area contributed by atoms with E-state index in [0.29, 0.717) is 18.7 Å². The number of hydrogen-bond acceptors (Lipinski definition) is 4. The molecule has 7 heteroatoms. The fourth-order valence-electron chi connectivity index (χ4n) is 2.63. The van der Waals surface area contributed by atoms with E-state index in [2.05, 4.69) is 10.1 Å². The number of carbonyl (C=O) groups is 1. The number of aryl methyl sites for hydroxylation is 2. The number of amides is 1. The fourth-order valence-corrected chi connectivity index (χ4v) is 2.63. The van der Waals surface area contributed by atoms with E-state index >= 15 is 0 Å². The van der Waals surface area contributed by atoms with Gasteiger partial charge in [-0.05, 0) is 49.1 Å². The van der Waals surface area contributed by atoms with Crippen LogP contribution in [0.2, 0.25) is 0 Å². The highest BCUT2D eigenvalue weighted by atomic mass is 19.3. The molecule has 0 aliphatic heterocycles. The zero-order chi connectivity index (χ0) is 19.8. The Hall–Kier alpha value is -2.83. The SMILES string of the molecule is COc1ccc(CCNC(=O)COc2c(C)cccc2C)cc1OC(F)F.